The highest BCUT2D eigenvalue weighted by Crippen LogP contribution is 2.10. The Morgan fingerprint density at radius 1 is 1.37 bits per heavy atom. The predicted octanol–water partition coefficient (Wildman–Crippen LogP) is 1.41. The zero-order chi connectivity index (χ0) is 14.0. The molecular formula is C13H14N3O3+. The van der Waals surface area contributed by atoms with E-state index in [0.29, 0.717) is 11.4 Å². The highest BCUT2D eigenvalue weighted by molar-refractivity contribution is 5.94. The van der Waals surface area contributed by atoms with E-state index in [1.807, 2.05) is 6.07 Å². The second-order valence-corrected chi connectivity index (χ2v) is 4.27. The number of Topliss-reactive ketones (excluding diaryl/α,β-unsaturated/α-hetero) is 1. The Hall–Kier alpha value is -2.50. The average molecular weight is 260 g/mol. The minimum atomic E-state index is -0.462. The number of benzene rings is 1. The van der Waals surface area contributed by atoms with Crippen LogP contribution >= 0.6 is 0 Å². The van der Waals surface area contributed by atoms with Gasteiger partial charge in [-0.05, 0) is 4.92 Å². The first-order valence-corrected chi connectivity index (χ1v) is 5.79. The molecule has 6 heteroatoms. The topological polar surface area (TPSA) is 69.0 Å². The maximum Gasteiger partial charge on any atom is 0.365 e. The number of ketones is 1. The van der Waals surface area contributed by atoms with E-state index in [4.69, 9.17) is 0 Å². The molecule has 0 amide bonds. The molecule has 1 heterocycles. The van der Waals surface area contributed by atoms with Crippen LogP contribution < -0.4 is 4.57 Å². The van der Waals surface area contributed by atoms with Crippen LogP contribution in [-0.2, 0) is 13.6 Å². The highest BCUT2D eigenvalue weighted by Gasteiger charge is 2.23. The first-order valence-electron chi connectivity index (χ1n) is 5.79. The largest absolute Gasteiger partial charge is 0.365 e. The van der Waals surface area contributed by atoms with Crippen molar-refractivity contribution in [3.05, 3.63) is 58.0 Å². The standard InChI is InChI=1S/C13H14N3O3/c1-10-14(2)13(16(18)19)9-15(10)8-12(17)11-6-4-3-5-7-11/h3-7,9H,8H2,1-2H3/q+1. The van der Waals surface area contributed by atoms with Gasteiger partial charge in [-0.3, -0.25) is 4.79 Å². The molecule has 0 aliphatic carbocycles. The number of rotatable bonds is 4. The van der Waals surface area contributed by atoms with Crippen LogP contribution in [0.5, 0.6) is 0 Å². The summed E-state index contributed by atoms with van der Waals surface area (Å²) in [6, 6.07) is 8.88. The second kappa shape index (κ2) is 5.01. The van der Waals surface area contributed by atoms with Crippen molar-refractivity contribution in [2.45, 2.75) is 13.5 Å². The summed E-state index contributed by atoms with van der Waals surface area (Å²) >= 11 is 0. The lowest BCUT2D eigenvalue weighted by Gasteiger charge is -1.99. The third kappa shape index (κ3) is 2.52. The zero-order valence-corrected chi connectivity index (χ0v) is 10.7. The summed E-state index contributed by atoms with van der Waals surface area (Å²) in [5.41, 5.74) is 0.598. The first-order chi connectivity index (χ1) is 9.00. The van der Waals surface area contributed by atoms with Crippen molar-refractivity contribution in [3.8, 4) is 0 Å². The van der Waals surface area contributed by atoms with Crippen molar-refractivity contribution >= 4 is 11.6 Å². The van der Waals surface area contributed by atoms with E-state index >= 15 is 0 Å². The number of nitrogens with zero attached hydrogens (tertiary/aromatic N) is 3. The summed E-state index contributed by atoms with van der Waals surface area (Å²) in [6.07, 6.45) is 1.39. The molecule has 0 unspecified atom stereocenters. The van der Waals surface area contributed by atoms with Gasteiger partial charge in [0.1, 0.15) is 0 Å². The number of imidazole rings is 1. The van der Waals surface area contributed by atoms with Gasteiger partial charge in [0.15, 0.2) is 12.7 Å². The van der Waals surface area contributed by atoms with Crippen LogP contribution in [0, 0.1) is 17.0 Å². The number of hydrogen-bond donors (Lipinski definition) is 0. The van der Waals surface area contributed by atoms with E-state index in [1.165, 1.54) is 10.8 Å². The van der Waals surface area contributed by atoms with Crippen molar-refractivity contribution in [2.24, 2.45) is 7.05 Å². The van der Waals surface area contributed by atoms with Gasteiger partial charge in [0.25, 0.3) is 5.82 Å². The molecule has 0 saturated carbocycles. The molecule has 2 rings (SSSR count). The van der Waals surface area contributed by atoms with Crippen LogP contribution in [0.25, 0.3) is 0 Å². The molecule has 0 fully saturated rings. The van der Waals surface area contributed by atoms with Crippen molar-refractivity contribution < 1.29 is 14.3 Å². The maximum atomic E-state index is 12.1. The van der Waals surface area contributed by atoms with Crippen LogP contribution in [-0.4, -0.2) is 15.3 Å². The Morgan fingerprint density at radius 3 is 2.53 bits per heavy atom. The van der Waals surface area contributed by atoms with Gasteiger partial charge in [-0.2, -0.15) is 4.57 Å². The lowest BCUT2D eigenvalue weighted by molar-refractivity contribution is -0.689. The van der Waals surface area contributed by atoms with Gasteiger partial charge in [-0.25, -0.2) is 4.57 Å². The molecule has 0 aliphatic rings. The van der Waals surface area contributed by atoms with E-state index in [0.717, 1.165) is 0 Å². The van der Waals surface area contributed by atoms with Crippen molar-refractivity contribution in [3.63, 3.8) is 0 Å². The molecule has 19 heavy (non-hydrogen) atoms. The SMILES string of the molecule is Cc1n(C)c([N+](=O)[O-])c[n+]1CC(=O)c1ccccc1. The van der Waals surface area contributed by atoms with E-state index in [9.17, 15) is 14.9 Å². The minimum absolute atomic E-state index is 0.0293. The molecule has 2 aromatic rings. The molecule has 0 aliphatic heterocycles. The summed E-state index contributed by atoms with van der Waals surface area (Å²) in [7, 11) is 1.61. The van der Waals surface area contributed by atoms with Crippen LogP contribution in [0.1, 0.15) is 16.2 Å². The Balaban J connectivity index is 2.27. The molecule has 0 radical (unpaired) electrons. The van der Waals surface area contributed by atoms with Crippen molar-refractivity contribution in [1.29, 1.82) is 0 Å². The van der Waals surface area contributed by atoms with E-state index < -0.39 is 4.92 Å². The number of carbonyl (C=O) groups excluding carboxylic acids is 1. The fraction of sp³-hybridized carbons (Fsp3) is 0.231. The fourth-order valence-corrected chi connectivity index (χ4v) is 1.88. The molecule has 1 aromatic heterocycles. The van der Waals surface area contributed by atoms with Gasteiger partial charge >= 0.3 is 5.82 Å². The average Bonchev–Trinajstić information content (AvgIpc) is 2.68. The smallest absolute Gasteiger partial charge is 0.358 e. The first kappa shape index (κ1) is 12.9. The summed E-state index contributed by atoms with van der Waals surface area (Å²) < 4.78 is 3.05. The molecule has 0 spiro atoms. The summed E-state index contributed by atoms with van der Waals surface area (Å²) in [5.74, 6) is 0.559. The summed E-state index contributed by atoms with van der Waals surface area (Å²) in [5, 5.41) is 10.8. The lowest BCUT2D eigenvalue weighted by Crippen LogP contribution is -2.39. The number of aromatic nitrogens is 2. The van der Waals surface area contributed by atoms with Gasteiger partial charge < -0.3 is 10.1 Å². The van der Waals surface area contributed by atoms with Gasteiger partial charge in [0.2, 0.25) is 5.78 Å². The normalized spacial score (nSPS) is 10.4. The molecule has 0 atom stereocenters. The summed E-state index contributed by atoms with van der Waals surface area (Å²) in [6.45, 7) is 1.84. The highest BCUT2D eigenvalue weighted by atomic mass is 16.6. The lowest BCUT2D eigenvalue weighted by atomic mass is 10.1. The number of carbonyl (C=O) groups is 1. The Bertz CT molecular complexity index is 632. The minimum Gasteiger partial charge on any atom is -0.358 e. The molecule has 0 bridgehead atoms. The van der Waals surface area contributed by atoms with Crippen LogP contribution in [0.4, 0.5) is 5.82 Å². The number of nitro groups is 1. The fourth-order valence-electron chi connectivity index (χ4n) is 1.88. The van der Waals surface area contributed by atoms with Gasteiger partial charge in [0, 0.05) is 12.5 Å². The molecule has 0 N–H and O–H groups in total. The molecule has 0 saturated heterocycles. The van der Waals surface area contributed by atoms with Crippen LogP contribution in [0.15, 0.2) is 36.5 Å². The molecule has 98 valence electrons. The van der Waals surface area contributed by atoms with Crippen LogP contribution in [0.3, 0.4) is 0 Å². The molecule has 6 nitrogen and oxygen atoms in total. The molecular weight excluding hydrogens is 246 g/mol. The Kier molecular flexibility index (Phi) is 3.41. The summed E-state index contributed by atoms with van der Waals surface area (Å²) in [4.78, 5) is 22.4. The van der Waals surface area contributed by atoms with E-state index in [-0.39, 0.29) is 18.1 Å². The van der Waals surface area contributed by atoms with Gasteiger partial charge in [-0.15, -0.1) is 0 Å². The Morgan fingerprint density at radius 2 is 2.00 bits per heavy atom. The zero-order valence-electron chi connectivity index (χ0n) is 10.7. The number of hydrogen-bond acceptors (Lipinski definition) is 3. The van der Waals surface area contributed by atoms with Crippen molar-refractivity contribution in [2.75, 3.05) is 0 Å². The van der Waals surface area contributed by atoms with Gasteiger partial charge in [-0.1, -0.05) is 30.3 Å². The third-order valence-electron chi connectivity index (χ3n) is 3.11. The Labute approximate surface area is 110 Å². The van der Waals surface area contributed by atoms with Crippen molar-refractivity contribution in [1.82, 2.24) is 4.57 Å². The quantitative estimate of drug-likeness (QED) is 0.361. The van der Waals surface area contributed by atoms with Gasteiger partial charge in [0.05, 0.1) is 7.05 Å². The molecule has 1 aromatic carbocycles. The monoisotopic (exact) mass is 260 g/mol. The van der Waals surface area contributed by atoms with E-state index in [1.54, 1.807) is 42.8 Å². The maximum absolute atomic E-state index is 12.1. The predicted molar refractivity (Wildman–Crippen MR) is 67.8 cm³/mol. The van der Waals surface area contributed by atoms with Crippen LogP contribution in [0.2, 0.25) is 0 Å². The second-order valence-electron chi connectivity index (χ2n) is 4.27. The third-order valence-corrected chi connectivity index (χ3v) is 3.11. The van der Waals surface area contributed by atoms with E-state index in [2.05, 4.69) is 0 Å².